The van der Waals surface area contributed by atoms with Crippen molar-refractivity contribution in [1.29, 1.82) is 0 Å². The summed E-state index contributed by atoms with van der Waals surface area (Å²) in [6, 6.07) is 5.85. The zero-order chi connectivity index (χ0) is 9.42. The monoisotopic (exact) mass is 241 g/mol. The molecule has 1 aromatic rings. The minimum Gasteiger partial charge on any atom is -0.387 e. The molecule has 2 atom stereocenters. The Balaban J connectivity index is 2.44. The third-order valence-electron chi connectivity index (χ3n) is 2.58. The summed E-state index contributed by atoms with van der Waals surface area (Å²) >= 11 is 3.41. The van der Waals surface area contributed by atoms with Crippen LogP contribution in [0.3, 0.4) is 0 Å². The van der Waals surface area contributed by atoms with E-state index >= 15 is 0 Å². The van der Waals surface area contributed by atoms with Crippen molar-refractivity contribution < 1.29 is 5.11 Å². The van der Waals surface area contributed by atoms with Crippen molar-refractivity contribution in [2.45, 2.75) is 25.0 Å². The first-order valence-corrected chi connectivity index (χ1v) is 5.20. The van der Waals surface area contributed by atoms with Gasteiger partial charge >= 0.3 is 0 Å². The largest absolute Gasteiger partial charge is 0.387 e. The van der Waals surface area contributed by atoms with Crippen LogP contribution in [0.5, 0.6) is 0 Å². The number of hydrogen-bond acceptors (Lipinski definition) is 2. The lowest BCUT2D eigenvalue weighted by atomic mass is 9.86. The standard InChI is InChI=1S/C10H12BrNO/c11-7-2-3-8-6(5-7)1-4-9(12)10(8)13/h2-3,5,9-10,13H,1,4,12H2/t9-,10-/m0/s1. The molecule has 0 radical (unpaired) electrons. The first-order chi connectivity index (χ1) is 6.18. The Labute approximate surface area is 85.9 Å². The molecule has 2 nitrogen and oxygen atoms in total. The van der Waals surface area contributed by atoms with Crippen molar-refractivity contribution in [2.75, 3.05) is 0 Å². The van der Waals surface area contributed by atoms with E-state index in [1.165, 1.54) is 5.56 Å². The van der Waals surface area contributed by atoms with Gasteiger partial charge in [0.1, 0.15) is 0 Å². The third kappa shape index (κ3) is 1.64. The number of aliphatic hydroxyl groups is 1. The van der Waals surface area contributed by atoms with Gasteiger partial charge < -0.3 is 10.8 Å². The van der Waals surface area contributed by atoms with Gasteiger partial charge in [-0.25, -0.2) is 0 Å². The number of nitrogens with two attached hydrogens (primary N) is 1. The second-order valence-electron chi connectivity index (χ2n) is 3.49. The number of fused-ring (bicyclic) bond motifs is 1. The summed E-state index contributed by atoms with van der Waals surface area (Å²) in [6.45, 7) is 0. The molecule has 3 N–H and O–H groups in total. The van der Waals surface area contributed by atoms with Crippen LogP contribution in [0.25, 0.3) is 0 Å². The van der Waals surface area contributed by atoms with Crippen LogP contribution in [0.2, 0.25) is 0 Å². The number of aryl methyl sites for hydroxylation is 1. The summed E-state index contributed by atoms with van der Waals surface area (Å²) in [4.78, 5) is 0. The molecule has 0 heterocycles. The molecule has 0 aromatic heterocycles. The zero-order valence-corrected chi connectivity index (χ0v) is 8.79. The van der Waals surface area contributed by atoms with Crippen LogP contribution in [-0.2, 0) is 6.42 Å². The first kappa shape index (κ1) is 9.19. The van der Waals surface area contributed by atoms with Gasteiger partial charge in [-0.05, 0) is 36.1 Å². The molecule has 1 aliphatic carbocycles. The molecule has 0 spiro atoms. The zero-order valence-electron chi connectivity index (χ0n) is 7.20. The summed E-state index contributed by atoms with van der Waals surface area (Å²) in [5, 5.41) is 9.78. The van der Waals surface area contributed by atoms with E-state index in [1.54, 1.807) is 0 Å². The van der Waals surface area contributed by atoms with E-state index in [-0.39, 0.29) is 6.04 Å². The maximum Gasteiger partial charge on any atom is 0.0943 e. The summed E-state index contributed by atoms with van der Waals surface area (Å²) in [5.74, 6) is 0. The lowest BCUT2D eigenvalue weighted by Crippen LogP contribution is -2.32. The summed E-state index contributed by atoms with van der Waals surface area (Å²) in [6.07, 6.45) is 1.34. The number of benzene rings is 1. The minimum absolute atomic E-state index is 0.103. The molecule has 0 fully saturated rings. The van der Waals surface area contributed by atoms with Crippen LogP contribution in [0.15, 0.2) is 22.7 Å². The van der Waals surface area contributed by atoms with E-state index in [0.29, 0.717) is 0 Å². The molecule has 0 saturated heterocycles. The molecule has 0 unspecified atom stereocenters. The fraction of sp³-hybridized carbons (Fsp3) is 0.400. The van der Waals surface area contributed by atoms with E-state index in [0.717, 1.165) is 22.9 Å². The number of halogens is 1. The van der Waals surface area contributed by atoms with Crippen LogP contribution >= 0.6 is 15.9 Å². The van der Waals surface area contributed by atoms with Gasteiger partial charge in [0, 0.05) is 10.5 Å². The Morgan fingerprint density at radius 2 is 2.23 bits per heavy atom. The van der Waals surface area contributed by atoms with Crippen molar-refractivity contribution >= 4 is 15.9 Å². The Morgan fingerprint density at radius 3 is 3.00 bits per heavy atom. The Hall–Kier alpha value is -0.380. The minimum atomic E-state index is -0.489. The highest BCUT2D eigenvalue weighted by Crippen LogP contribution is 2.30. The van der Waals surface area contributed by atoms with Gasteiger partial charge in [0.05, 0.1) is 6.10 Å². The maximum atomic E-state index is 9.78. The molecule has 1 aliphatic rings. The van der Waals surface area contributed by atoms with Crippen molar-refractivity contribution in [1.82, 2.24) is 0 Å². The molecule has 13 heavy (non-hydrogen) atoms. The third-order valence-corrected chi connectivity index (χ3v) is 3.07. The molecule has 70 valence electrons. The molecule has 0 amide bonds. The van der Waals surface area contributed by atoms with Gasteiger partial charge in [-0.15, -0.1) is 0 Å². The molecule has 0 saturated carbocycles. The van der Waals surface area contributed by atoms with Gasteiger partial charge in [0.25, 0.3) is 0 Å². The van der Waals surface area contributed by atoms with Crippen LogP contribution in [0, 0.1) is 0 Å². The van der Waals surface area contributed by atoms with E-state index < -0.39 is 6.10 Å². The molecular weight excluding hydrogens is 230 g/mol. The highest BCUT2D eigenvalue weighted by Gasteiger charge is 2.24. The van der Waals surface area contributed by atoms with Crippen molar-refractivity contribution in [3.63, 3.8) is 0 Å². The molecule has 1 aromatic carbocycles. The topological polar surface area (TPSA) is 46.2 Å². The van der Waals surface area contributed by atoms with Gasteiger partial charge in [-0.1, -0.05) is 22.0 Å². The van der Waals surface area contributed by atoms with E-state index in [4.69, 9.17) is 5.73 Å². The van der Waals surface area contributed by atoms with E-state index in [9.17, 15) is 5.11 Å². The maximum absolute atomic E-state index is 9.78. The fourth-order valence-electron chi connectivity index (χ4n) is 1.79. The number of rotatable bonds is 0. The lowest BCUT2D eigenvalue weighted by molar-refractivity contribution is 0.134. The average Bonchev–Trinajstić information content (AvgIpc) is 2.12. The number of aliphatic hydroxyl groups excluding tert-OH is 1. The normalized spacial score (nSPS) is 27.0. The van der Waals surface area contributed by atoms with Crippen LogP contribution in [0.1, 0.15) is 23.7 Å². The quantitative estimate of drug-likeness (QED) is 0.728. The molecule has 0 bridgehead atoms. The van der Waals surface area contributed by atoms with Crippen LogP contribution in [-0.4, -0.2) is 11.1 Å². The predicted octanol–water partition coefficient (Wildman–Crippen LogP) is 1.76. The molecule has 3 heteroatoms. The fourth-order valence-corrected chi connectivity index (χ4v) is 2.20. The van der Waals surface area contributed by atoms with Crippen LogP contribution < -0.4 is 5.73 Å². The van der Waals surface area contributed by atoms with Crippen molar-refractivity contribution in [2.24, 2.45) is 5.73 Å². The first-order valence-electron chi connectivity index (χ1n) is 4.40. The Kier molecular flexibility index (Phi) is 2.41. The predicted molar refractivity (Wildman–Crippen MR) is 55.4 cm³/mol. The van der Waals surface area contributed by atoms with Crippen molar-refractivity contribution in [3.8, 4) is 0 Å². The highest BCUT2D eigenvalue weighted by molar-refractivity contribution is 9.10. The van der Waals surface area contributed by atoms with Crippen molar-refractivity contribution in [3.05, 3.63) is 33.8 Å². The average molecular weight is 242 g/mol. The SMILES string of the molecule is N[C@H]1CCc2cc(Br)ccc2[C@@H]1O. The second kappa shape index (κ2) is 3.40. The molecule has 0 aliphatic heterocycles. The van der Waals surface area contributed by atoms with Gasteiger partial charge in [0.15, 0.2) is 0 Å². The lowest BCUT2D eigenvalue weighted by Gasteiger charge is -2.27. The molecule has 2 rings (SSSR count). The smallest absolute Gasteiger partial charge is 0.0943 e. The van der Waals surface area contributed by atoms with Gasteiger partial charge in [0.2, 0.25) is 0 Å². The molecular formula is C10H12BrNO. The summed E-state index contributed by atoms with van der Waals surface area (Å²) < 4.78 is 1.06. The highest BCUT2D eigenvalue weighted by atomic mass is 79.9. The Morgan fingerprint density at radius 1 is 1.46 bits per heavy atom. The summed E-state index contributed by atoms with van der Waals surface area (Å²) in [7, 11) is 0. The Bertz CT molecular complexity index is 327. The van der Waals surface area contributed by atoms with Crippen LogP contribution in [0.4, 0.5) is 0 Å². The van der Waals surface area contributed by atoms with E-state index in [1.807, 2.05) is 12.1 Å². The van der Waals surface area contributed by atoms with E-state index in [2.05, 4.69) is 22.0 Å². The summed E-state index contributed by atoms with van der Waals surface area (Å²) in [5.41, 5.74) is 7.97. The van der Waals surface area contributed by atoms with Gasteiger partial charge in [-0.2, -0.15) is 0 Å². The van der Waals surface area contributed by atoms with Gasteiger partial charge in [-0.3, -0.25) is 0 Å². The second-order valence-corrected chi connectivity index (χ2v) is 4.41. The number of hydrogen-bond donors (Lipinski definition) is 2.